The number of aliphatic hydroxyl groups is 1. The van der Waals surface area contributed by atoms with Gasteiger partial charge in [0.15, 0.2) is 0 Å². The van der Waals surface area contributed by atoms with E-state index in [4.69, 9.17) is 27.9 Å². The normalized spacial score (nSPS) is 17.4. The van der Waals surface area contributed by atoms with Gasteiger partial charge >= 0.3 is 0 Å². The van der Waals surface area contributed by atoms with Crippen molar-refractivity contribution in [1.82, 2.24) is 0 Å². The van der Waals surface area contributed by atoms with Gasteiger partial charge < -0.3 is 9.84 Å². The lowest BCUT2D eigenvalue weighted by Gasteiger charge is -2.28. The molecule has 1 N–H and O–H groups in total. The number of ether oxygens (including phenoxy) is 1. The van der Waals surface area contributed by atoms with E-state index < -0.39 is 17.7 Å². The lowest BCUT2D eigenvalue weighted by Crippen LogP contribution is -2.30. The molecule has 3 aromatic rings. The maximum atomic E-state index is 13.5. The van der Waals surface area contributed by atoms with Gasteiger partial charge in [-0.15, -0.1) is 0 Å². The first kappa shape index (κ1) is 26.8. The molecule has 1 saturated heterocycles. The third kappa shape index (κ3) is 4.98. The van der Waals surface area contributed by atoms with E-state index in [1.54, 1.807) is 43.3 Å². The van der Waals surface area contributed by atoms with Crippen molar-refractivity contribution in [2.45, 2.75) is 46.1 Å². The molecule has 1 aliphatic rings. The lowest BCUT2D eigenvalue weighted by atomic mass is 9.85. The molecular formula is C30H29Cl2NO4. The minimum absolute atomic E-state index is 0.0161. The molecule has 0 saturated carbocycles. The number of aliphatic hydroxyl groups excluding tert-OH is 1. The van der Waals surface area contributed by atoms with E-state index in [2.05, 4.69) is 20.8 Å². The second-order valence-electron chi connectivity index (χ2n) is 10.0. The van der Waals surface area contributed by atoms with Crippen molar-refractivity contribution in [1.29, 1.82) is 0 Å². The van der Waals surface area contributed by atoms with Crippen LogP contribution < -0.4 is 9.64 Å². The highest BCUT2D eigenvalue weighted by molar-refractivity contribution is 6.52. The molecule has 37 heavy (non-hydrogen) atoms. The summed E-state index contributed by atoms with van der Waals surface area (Å²) in [5, 5.41) is 12.3. The monoisotopic (exact) mass is 537 g/mol. The summed E-state index contributed by atoms with van der Waals surface area (Å²) in [6.45, 7) is 10.3. The van der Waals surface area contributed by atoms with Crippen molar-refractivity contribution in [3.8, 4) is 5.75 Å². The van der Waals surface area contributed by atoms with Crippen LogP contribution in [0.25, 0.3) is 5.76 Å². The first-order chi connectivity index (χ1) is 17.5. The Labute approximate surface area is 227 Å². The number of nitrogens with zero attached hydrogens (tertiary/aromatic N) is 1. The Morgan fingerprint density at radius 3 is 2.30 bits per heavy atom. The van der Waals surface area contributed by atoms with Crippen LogP contribution in [0.2, 0.25) is 10.0 Å². The molecule has 1 unspecified atom stereocenters. The number of Topliss-reactive ketones (excluding diaryl/α,β-unsaturated/α-hetero) is 1. The van der Waals surface area contributed by atoms with Gasteiger partial charge in [-0.3, -0.25) is 14.5 Å². The van der Waals surface area contributed by atoms with Crippen molar-refractivity contribution in [2.24, 2.45) is 0 Å². The molecule has 1 heterocycles. The first-order valence-electron chi connectivity index (χ1n) is 12.0. The summed E-state index contributed by atoms with van der Waals surface area (Å²) in [5.74, 6) is -1.45. The quantitative estimate of drug-likeness (QED) is 0.206. The van der Waals surface area contributed by atoms with Crippen LogP contribution in [0.15, 0.2) is 66.2 Å². The zero-order chi connectivity index (χ0) is 27.1. The molecule has 0 bridgehead atoms. The second kappa shape index (κ2) is 10.2. The minimum Gasteiger partial charge on any atom is -0.507 e. The van der Waals surface area contributed by atoms with E-state index in [0.29, 0.717) is 44.8 Å². The van der Waals surface area contributed by atoms with Crippen LogP contribution in [-0.4, -0.2) is 23.4 Å². The average molecular weight is 538 g/mol. The molecule has 1 amide bonds. The van der Waals surface area contributed by atoms with E-state index in [9.17, 15) is 14.7 Å². The van der Waals surface area contributed by atoms with Crippen molar-refractivity contribution in [3.63, 3.8) is 0 Å². The molecule has 3 aromatic carbocycles. The SMILES string of the molecule is CCOc1cc(/C(O)=C2\C(=O)C(=O)N(c3cccc(Cl)c3C)C2c2ccc(C(C)(C)C)cc2)ccc1Cl. The maximum Gasteiger partial charge on any atom is 0.300 e. The summed E-state index contributed by atoms with van der Waals surface area (Å²) in [6.07, 6.45) is 0. The van der Waals surface area contributed by atoms with Gasteiger partial charge in [-0.1, -0.05) is 74.3 Å². The number of hydrogen-bond donors (Lipinski definition) is 1. The number of halogens is 2. The number of amides is 1. The van der Waals surface area contributed by atoms with Gasteiger partial charge in [0.25, 0.3) is 11.7 Å². The van der Waals surface area contributed by atoms with Gasteiger partial charge in [0.05, 0.1) is 23.2 Å². The fraction of sp³-hybridized carbons (Fsp3) is 0.267. The third-order valence-corrected chi connectivity index (χ3v) is 7.26. The molecule has 7 heteroatoms. The summed E-state index contributed by atoms with van der Waals surface area (Å²) in [6, 6.07) is 16.9. The summed E-state index contributed by atoms with van der Waals surface area (Å²) in [4.78, 5) is 28.4. The predicted octanol–water partition coefficient (Wildman–Crippen LogP) is 7.62. The van der Waals surface area contributed by atoms with E-state index >= 15 is 0 Å². The third-order valence-electron chi connectivity index (χ3n) is 6.54. The standard InChI is InChI=1S/C30H29Cl2NO4/c1-6-37-24-16-19(12-15-22(24)32)27(34)25-26(18-10-13-20(14-11-18)30(3,4)5)33(29(36)28(25)35)23-9-7-8-21(31)17(23)2/h7-16,26,34H,6H2,1-5H3/b27-25+. The van der Waals surface area contributed by atoms with Crippen molar-refractivity contribution in [3.05, 3.63) is 98.5 Å². The molecular weight excluding hydrogens is 509 g/mol. The van der Waals surface area contributed by atoms with Gasteiger partial charge in [0.1, 0.15) is 11.5 Å². The topological polar surface area (TPSA) is 66.8 Å². The smallest absolute Gasteiger partial charge is 0.300 e. The highest BCUT2D eigenvalue weighted by atomic mass is 35.5. The summed E-state index contributed by atoms with van der Waals surface area (Å²) in [5.41, 5.74) is 3.18. The summed E-state index contributed by atoms with van der Waals surface area (Å²) in [7, 11) is 0. The molecule has 0 aromatic heterocycles. The van der Waals surface area contributed by atoms with Crippen LogP contribution in [0.4, 0.5) is 5.69 Å². The fourth-order valence-electron chi connectivity index (χ4n) is 4.49. The summed E-state index contributed by atoms with van der Waals surface area (Å²) >= 11 is 12.6. The fourth-order valence-corrected chi connectivity index (χ4v) is 4.83. The Morgan fingerprint density at radius 1 is 1.00 bits per heavy atom. The van der Waals surface area contributed by atoms with Gasteiger partial charge in [0, 0.05) is 16.3 Å². The number of rotatable bonds is 5. The molecule has 192 valence electrons. The molecule has 0 aliphatic carbocycles. The molecule has 1 fully saturated rings. The van der Waals surface area contributed by atoms with Crippen LogP contribution in [0.1, 0.15) is 56.0 Å². The van der Waals surface area contributed by atoms with Gasteiger partial charge in [-0.2, -0.15) is 0 Å². The van der Waals surface area contributed by atoms with Crippen LogP contribution in [0.3, 0.4) is 0 Å². The largest absolute Gasteiger partial charge is 0.507 e. The number of carbonyl (C=O) groups is 2. The van der Waals surface area contributed by atoms with Crippen LogP contribution in [0.5, 0.6) is 5.75 Å². The number of hydrogen-bond acceptors (Lipinski definition) is 4. The number of ketones is 1. The molecule has 5 nitrogen and oxygen atoms in total. The summed E-state index contributed by atoms with van der Waals surface area (Å²) < 4.78 is 5.57. The van der Waals surface area contributed by atoms with Gasteiger partial charge in [0.2, 0.25) is 0 Å². The number of carbonyl (C=O) groups excluding carboxylic acids is 2. The Morgan fingerprint density at radius 2 is 1.68 bits per heavy atom. The van der Waals surface area contributed by atoms with Crippen molar-refractivity contribution >= 4 is 46.3 Å². The Kier molecular flexibility index (Phi) is 7.40. The lowest BCUT2D eigenvalue weighted by molar-refractivity contribution is -0.132. The molecule has 1 aliphatic heterocycles. The zero-order valence-electron chi connectivity index (χ0n) is 21.4. The number of benzene rings is 3. The van der Waals surface area contributed by atoms with Gasteiger partial charge in [-0.05, 0) is 66.3 Å². The van der Waals surface area contributed by atoms with Crippen LogP contribution in [-0.2, 0) is 15.0 Å². The van der Waals surface area contributed by atoms with Gasteiger partial charge in [-0.25, -0.2) is 0 Å². The molecule has 0 spiro atoms. The Bertz CT molecular complexity index is 1400. The highest BCUT2D eigenvalue weighted by Gasteiger charge is 2.47. The van der Waals surface area contributed by atoms with E-state index in [0.717, 1.165) is 5.56 Å². The molecule has 4 rings (SSSR count). The first-order valence-corrected chi connectivity index (χ1v) is 12.8. The Hall–Kier alpha value is -3.28. The van der Waals surface area contributed by atoms with Crippen molar-refractivity contribution < 1.29 is 19.4 Å². The molecule has 0 radical (unpaired) electrons. The highest BCUT2D eigenvalue weighted by Crippen LogP contribution is 2.44. The number of anilines is 1. The van der Waals surface area contributed by atoms with E-state index in [1.807, 2.05) is 31.2 Å². The Balaban J connectivity index is 1.96. The maximum absolute atomic E-state index is 13.5. The minimum atomic E-state index is -0.864. The second-order valence-corrected chi connectivity index (χ2v) is 10.8. The molecule has 1 atom stereocenters. The predicted molar refractivity (Wildman–Crippen MR) is 149 cm³/mol. The average Bonchev–Trinajstić information content (AvgIpc) is 3.11. The van der Waals surface area contributed by atoms with E-state index in [1.165, 1.54) is 4.90 Å². The van der Waals surface area contributed by atoms with E-state index in [-0.39, 0.29) is 16.7 Å². The van der Waals surface area contributed by atoms with Crippen LogP contribution >= 0.6 is 23.2 Å². The zero-order valence-corrected chi connectivity index (χ0v) is 22.9. The van der Waals surface area contributed by atoms with Crippen molar-refractivity contribution in [2.75, 3.05) is 11.5 Å². The van der Waals surface area contributed by atoms with Crippen LogP contribution in [0, 0.1) is 6.92 Å².